The second kappa shape index (κ2) is 17.7. The number of hydrogen-bond donors (Lipinski definition) is 0. The van der Waals surface area contributed by atoms with Gasteiger partial charge in [0.2, 0.25) is 0 Å². The molecule has 0 spiro atoms. The number of imidazole rings is 2. The number of para-hydroxylation sites is 1. The number of carbonyl (C=O) groups is 2. The van der Waals surface area contributed by atoms with Gasteiger partial charge in [-0.3, -0.25) is 4.90 Å². The van der Waals surface area contributed by atoms with Gasteiger partial charge in [0.15, 0.2) is 11.5 Å². The lowest BCUT2D eigenvalue weighted by atomic mass is 9.81. The first kappa shape index (κ1) is 43.4. The Kier molecular flexibility index (Phi) is 11.9. The summed E-state index contributed by atoms with van der Waals surface area (Å²) in [5.41, 5.74) is 5.78. The minimum Gasteiger partial charge on any atom is -0.465 e. The highest BCUT2D eigenvalue weighted by Crippen LogP contribution is 2.52. The summed E-state index contributed by atoms with van der Waals surface area (Å²) in [6.07, 6.45) is 4.54. The number of ether oxygens (including phenoxy) is 6. The molecule has 65 heavy (non-hydrogen) atoms. The van der Waals surface area contributed by atoms with E-state index >= 15 is 0 Å². The number of alkyl halides is 1. The minimum atomic E-state index is -1.30. The van der Waals surface area contributed by atoms with Crippen molar-refractivity contribution in [3.05, 3.63) is 112 Å². The number of benzene rings is 4. The Balaban J connectivity index is 0.000000208. The molecule has 14 nitrogen and oxygen atoms in total. The fourth-order valence-electron chi connectivity index (χ4n) is 9.54. The average molecular weight is 928 g/mol. The topological polar surface area (TPSA) is 132 Å². The Bertz CT molecular complexity index is 2790. The number of hydrogen-bond acceptors (Lipinski definition) is 12. The second-order valence-electron chi connectivity index (χ2n) is 17.1. The van der Waals surface area contributed by atoms with Crippen LogP contribution in [0.15, 0.2) is 72.8 Å². The van der Waals surface area contributed by atoms with E-state index in [1.165, 1.54) is 20.3 Å². The Labute approximate surface area is 385 Å². The molecule has 6 aromatic rings. The third-order valence-electron chi connectivity index (χ3n) is 13.3. The van der Waals surface area contributed by atoms with Gasteiger partial charge in [0.25, 0.3) is 5.79 Å². The van der Waals surface area contributed by atoms with Crippen LogP contribution in [0.25, 0.3) is 22.1 Å². The van der Waals surface area contributed by atoms with Crippen molar-refractivity contribution in [2.45, 2.75) is 88.2 Å². The van der Waals surface area contributed by atoms with Gasteiger partial charge in [0.1, 0.15) is 17.5 Å². The van der Waals surface area contributed by atoms with E-state index in [2.05, 4.69) is 25.4 Å². The van der Waals surface area contributed by atoms with Crippen molar-refractivity contribution >= 4 is 62.9 Å². The second-order valence-corrected chi connectivity index (χ2v) is 17.8. The van der Waals surface area contributed by atoms with Crippen LogP contribution in [0.2, 0.25) is 5.02 Å². The fraction of sp³-hybridized carbons (Fsp3) is 0.417. The molecule has 4 aliphatic heterocycles. The zero-order valence-corrected chi connectivity index (χ0v) is 37.8. The zero-order valence-electron chi connectivity index (χ0n) is 36.3. The predicted molar refractivity (Wildman–Crippen MR) is 241 cm³/mol. The van der Waals surface area contributed by atoms with Crippen LogP contribution in [-0.4, -0.2) is 101 Å². The van der Waals surface area contributed by atoms with Crippen molar-refractivity contribution in [1.82, 2.24) is 24.0 Å². The van der Waals surface area contributed by atoms with Crippen LogP contribution in [0.1, 0.15) is 70.5 Å². The van der Waals surface area contributed by atoms with E-state index in [1.54, 1.807) is 37.3 Å². The first-order valence-corrected chi connectivity index (χ1v) is 22.9. The number of aromatic nitrogens is 4. The summed E-state index contributed by atoms with van der Waals surface area (Å²) < 4.78 is 52.8. The molecule has 5 atom stereocenters. The number of rotatable bonds is 11. The van der Waals surface area contributed by atoms with Gasteiger partial charge < -0.3 is 42.5 Å². The van der Waals surface area contributed by atoms with Crippen molar-refractivity contribution in [3.8, 4) is 11.5 Å². The molecule has 4 fully saturated rings. The van der Waals surface area contributed by atoms with E-state index in [0.29, 0.717) is 70.8 Å². The van der Waals surface area contributed by atoms with Crippen LogP contribution in [-0.2, 0) is 50.2 Å². The zero-order chi connectivity index (χ0) is 45.0. The summed E-state index contributed by atoms with van der Waals surface area (Å²) in [5.74, 6) is 0.840. The molecule has 5 aliphatic rings. The summed E-state index contributed by atoms with van der Waals surface area (Å²) in [6.45, 7) is 7.07. The van der Waals surface area contributed by atoms with E-state index in [4.69, 9.17) is 56.6 Å². The molecule has 11 rings (SSSR count). The van der Waals surface area contributed by atoms with Crippen molar-refractivity contribution < 1.29 is 42.4 Å². The van der Waals surface area contributed by atoms with Crippen molar-refractivity contribution in [2.75, 3.05) is 45.4 Å². The lowest BCUT2D eigenvalue weighted by Crippen LogP contribution is -2.64. The molecule has 0 N–H and O–H groups in total. The summed E-state index contributed by atoms with van der Waals surface area (Å²) in [5, 5.41) is 0.322. The highest BCUT2D eigenvalue weighted by molar-refractivity contribution is 6.30. The first-order valence-electron chi connectivity index (χ1n) is 22.0. The Morgan fingerprint density at radius 3 is 1.95 bits per heavy atom. The monoisotopic (exact) mass is 926 g/mol. The van der Waals surface area contributed by atoms with Crippen molar-refractivity contribution in [3.63, 3.8) is 0 Å². The summed E-state index contributed by atoms with van der Waals surface area (Å²) in [7, 11) is 2.77. The Morgan fingerprint density at radius 1 is 0.785 bits per heavy atom. The van der Waals surface area contributed by atoms with Gasteiger partial charge in [0.05, 0.1) is 96.4 Å². The van der Waals surface area contributed by atoms with Gasteiger partial charge in [-0.2, -0.15) is 0 Å². The summed E-state index contributed by atoms with van der Waals surface area (Å²) in [4.78, 5) is 38.4. The quantitative estimate of drug-likeness (QED) is 0.0916. The van der Waals surface area contributed by atoms with Crippen LogP contribution in [0, 0.1) is 5.82 Å². The third kappa shape index (κ3) is 8.15. The molecule has 0 amide bonds. The van der Waals surface area contributed by atoms with Gasteiger partial charge in [-0.25, -0.2) is 23.9 Å². The minimum absolute atomic E-state index is 0.144. The number of carbonyl (C=O) groups excluding carboxylic acids is 2. The normalized spacial score (nSPS) is 23.2. The number of halogens is 3. The molecular formula is C48H49Cl2FN6O8. The van der Waals surface area contributed by atoms with E-state index in [9.17, 15) is 14.0 Å². The smallest absolute Gasteiger partial charge is 0.337 e. The number of fused-ring (bicyclic) bond motifs is 4. The Morgan fingerprint density at radius 2 is 1.40 bits per heavy atom. The molecule has 1 unspecified atom stereocenters. The lowest BCUT2D eigenvalue weighted by molar-refractivity contribution is -0.0706. The van der Waals surface area contributed by atoms with E-state index in [0.717, 1.165) is 91.4 Å². The van der Waals surface area contributed by atoms with E-state index in [-0.39, 0.29) is 24.1 Å². The van der Waals surface area contributed by atoms with Crippen molar-refractivity contribution in [2.24, 2.45) is 0 Å². The third-order valence-corrected chi connectivity index (χ3v) is 13.8. The number of anilines is 1. The van der Waals surface area contributed by atoms with E-state index in [1.807, 2.05) is 34.9 Å². The maximum atomic E-state index is 14.9. The number of piperazine rings is 1. The maximum absolute atomic E-state index is 14.9. The standard InChI is InChI=1S/C34H34ClFN4O5.C14H15ClN2O3/c1-34(23-8-7-21(35)17-24(23)36)44-30-5-3-4-28(32(30)45-34)39-14-13-38(26-10-11-27(26)39)19-31-37-25-9-6-20(33(41)42-2)16-29(25)40(31)18-22-12-15-43-22;1-19-14(18)9-2-3-11-12(6-9)17(13(7-15)16-11)8-10-4-5-20-10/h3-9,16-17,22,26-27H,10-15,18-19H2,1-2H3;2-3,6,10H,4-5,7-8H2,1H3/t22-,26+,27+,34?;10-/m00/s1. The molecular weight excluding hydrogens is 878 g/mol. The molecule has 17 heteroatoms. The molecule has 3 saturated heterocycles. The van der Waals surface area contributed by atoms with Crippen LogP contribution < -0.4 is 14.4 Å². The predicted octanol–water partition coefficient (Wildman–Crippen LogP) is 8.25. The molecule has 6 heterocycles. The van der Waals surface area contributed by atoms with Crippen LogP contribution >= 0.6 is 23.2 Å². The molecule has 340 valence electrons. The van der Waals surface area contributed by atoms with Gasteiger partial charge in [-0.15, -0.1) is 11.6 Å². The molecule has 0 bridgehead atoms. The van der Waals surface area contributed by atoms with Gasteiger partial charge in [0, 0.05) is 50.3 Å². The van der Waals surface area contributed by atoms with E-state index < -0.39 is 11.6 Å². The van der Waals surface area contributed by atoms with Crippen LogP contribution in [0.3, 0.4) is 0 Å². The summed E-state index contributed by atoms with van der Waals surface area (Å²) >= 11 is 12.0. The SMILES string of the molecule is COC(=O)c1ccc2nc(CCl)n(C[C@@H]3CCO3)c2c1.COC(=O)c1ccc2nc(CN3CCN(c4cccc5c4OC(C)(c4ccc(Cl)cc4F)O5)[C@@H]4CC[C@H]43)n(C[C@@H]3CCO3)c2c1. The van der Waals surface area contributed by atoms with Crippen LogP contribution in [0.5, 0.6) is 11.5 Å². The molecule has 4 aromatic carbocycles. The van der Waals surface area contributed by atoms with Gasteiger partial charge in [-0.1, -0.05) is 17.7 Å². The number of methoxy groups -OCH3 is 2. The van der Waals surface area contributed by atoms with Crippen molar-refractivity contribution in [1.29, 1.82) is 0 Å². The fourth-order valence-corrected chi connectivity index (χ4v) is 9.90. The average Bonchev–Trinajstić information content (AvgIpc) is 3.92. The Hall–Kier alpha value is -5.45. The molecule has 1 saturated carbocycles. The summed E-state index contributed by atoms with van der Waals surface area (Å²) in [6, 6.07) is 21.9. The van der Waals surface area contributed by atoms with Gasteiger partial charge in [-0.05, 0) is 92.4 Å². The largest absolute Gasteiger partial charge is 0.465 e. The first-order chi connectivity index (χ1) is 31.5. The molecule has 0 radical (unpaired) electrons. The molecule has 1 aliphatic carbocycles. The maximum Gasteiger partial charge on any atom is 0.337 e. The highest BCUT2D eigenvalue weighted by atomic mass is 35.5. The van der Waals surface area contributed by atoms with Crippen LogP contribution in [0.4, 0.5) is 10.1 Å². The highest BCUT2D eigenvalue weighted by Gasteiger charge is 2.47. The molecule has 2 aromatic heterocycles. The lowest BCUT2D eigenvalue weighted by Gasteiger charge is -2.54. The number of nitrogens with zero attached hydrogens (tertiary/aromatic N) is 6. The van der Waals surface area contributed by atoms with Gasteiger partial charge >= 0.3 is 11.9 Å². The number of esters is 2.